The van der Waals surface area contributed by atoms with Crippen LogP contribution in [0.15, 0.2) is 0 Å². The molecule has 2 rings (SSSR count). The maximum absolute atomic E-state index is 5.75. The summed E-state index contributed by atoms with van der Waals surface area (Å²) >= 11 is 1.69. The zero-order chi connectivity index (χ0) is 11.1. The lowest BCUT2D eigenvalue weighted by Gasteiger charge is -2.35. The number of nitrogens with two attached hydrogens (primary N) is 1. The lowest BCUT2D eigenvalue weighted by molar-refractivity contribution is 0.183. The van der Waals surface area contributed by atoms with Gasteiger partial charge in [-0.1, -0.05) is 27.2 Å². The molecule has 1 heterocycles. The normalized spacial score (nSPS) is 21.4. The summed E-state index contributed by atoms with van der Waals surface area (Å²) in [6.45, 7) is 7.05. The van der Waals surface area contributed by atoms with Crippen LogP contribution in [0.1, 0.15) is 44.2 Å². The fourth-order valence-electron chi connectivity index (χ4n) is 2.35. The van der Waals surface area contributed by atoms with Crippen molar-refractivity contribution in [2.45, 2.75) is 46.5 Å². The quantitative estimate of drug-likeness (QED) is 0.837. The number of thiazole rings is 1. The number of nitrogen functional groups attached to an aromatic ring is 1. The monoisotopic (exact) mass is 224 g/mol. The Kier molecular flexibility index (Phi) is 2.75. The second-order valence-electron chi connectivity index (χ2n) is 5.20. The third kappa shape index (κ3) is 2.03. The van der Waals surface area contributed by atoms with E-state index in [4.69, 9.17) is 5.73 Å². The Morgan fingerprint density at radius 2 is 2.27 bits per heavy atom. The molecule has 1 aliphatic carbocycles. The summed E-state index contributed by atoms with van der Waals surface area (Å²) in [4.78, 5) is 5.83. The third-order valence-corrected chi connectivity index (χ3v) is 4.92. The fraction of sp³-hybridized carbons (Fsp3) is 0.750. The average molecular weight is 224 g/mol. The molecule has 1 aliphatic rings. The van der Waals surface area contributed by atoms with E-state index in [0.29, 0.717) is 5.41 Å². The lowest BCUT2D eigenvalue weighted by Crippen LogP contribution is -2.28. The number of hydrogen-bond acceptors (Lipinski definition) is 3. The van der Waals surface area contributed by atoms with Gasteiger partial charge in [-0.2, -0.15) is 0 Å². The summed E-state index contributed by atoms with van der Waals surface area (Å²) in [7, 11) is 0. The van der Waals surface area contributed by atoms with Crippen molar-refractivity contribution in [2.75, 3.05) is 5.73 Å². The second kappa shape index (κ2) is 3.78. The van der Waals surface area contributed by atoms with Gasteiger partial charge in [-0.3, -0.25) is 0 Å². The molecular weight excluding hydrogens is 204 g/mol. The van der Waals surface area contributed by atoms with Gasteiger partial charge in [0.1, 0.15) is 0 Å². The Balaban J connectivity index is 2.18. The van der Waals surface area contributed by atoms with Crippen molar-refractivity contribution in [3.63, 3.8) is 0 Å². The highest BCUT2D eigenvalue weighted by molar-refractivity contribution is 7.15. The van der Waals surface area contributed by atoms with Crippen LogP contribution in [0, 0.1) is 11.3 Å². The molecule has 0 saturated carbocycles. The molecule has 2 nitrogen and oxygen atoms in total. The molecule has 3 heteroatoms. The molecule has 2 N–H and O–H groups in total. The van der Waals surface area contributed by atoms with Crippen molar-refractivity contribution in [1.82, 2.24) is 4.98 Å². The maximum Gasteiger partial charge on any atom is 0.180 e. The van der Waals surface area contributed by atoms with E-state index in [2.05, 4.69) is 25.8 Å². The molecule has 0 spiro atoms. The minimum absolute atomic E-state index is 0.455. The molecule has 0 amide bonds. The van der Waals surface area contributed by atoms with Crippen molar-refractivity contribution in [1.29, 1.82) is 0 Å². The first-order chi connectivity index (χ1) is 7.03. The zero-order valence-electron chi connectivity index (χ0n) is 9.84. The van der Waals surface area contributed by atoms with Gasteiger partial charge in [-0.25, -0.2) is 4.98 Å². The first kappa shape index (κ1) is 10.9. The summed E-state index contributed by atoms with van der Waals surface area (Å²) in [5.41, 5.74) is 7.47. The number of nitrogens with zero attached hydrogens (tertiary/aromatic N) is 1. The number of hydrogen-bond donors (Lipinski definition) is 1. The van der Waals surface area contributed by atoms with Gasteiger partial charge in [-0.05, 0) is 30.6 Å². The average Bonchev–Trinajstić information content (AvgIpc) is 2.56. The van der Waals surface area contributed by atoms with Gasteiger partial charge < -0.3 is 5.73 Å². The van der Waals surface area contributed by atoms with Crippen LogP contribution < -0.4 is 5.73 Å². The summed E-state index contributed by atoms with van der Waals surface area (Å²) in [6.07, 6.45) is 4.83. The highest BCUT2D eigenvalue weighted by atomic mass is 32.1. The Hall–Kier alpha value is -0.570. The molecule has 0 bridgehead atoms. The third-order valence-electron chi connectivity index (χ3n) is 3.97. The number of aryl methyl sites for hydroxylation is 1. The Morgan fingerprint density at radius 3 is 2.93 bits per heavy atom. The van der Waals surface area contributed by atoms with Crippen LogP contribution >= 0.6 is 11.3 Å². The predicted molar refractivity (Wildman–Crippen MR) is 66.1 cm³/mol. The van der Waals surface area contributed by atoms with Crippen molar-refractivity contribution < 1.29 is 0 Å². The maximum atomic E-state index is 5.75. The summed E-state index contributed by atoms with van der Waals surface area (Å²) in [5.74, 6) is 0.801. The first-order valence-electron chi connectivity index (χ1n) is 5.77. The zero-order valence-corrected chi connectivity index (χ0v) is 10.7. The van der Waals surface area contributed by atoms with Crippen molar-refractivity contribution in [3.05, 3.63) is 10.6 Å². The Labute approximate surface area is 95.9 Å². The summed E-state index contributed by atoms with van der Waals surface area (Å²) < 4.78 is 0. The van der Waals surface area contributed by atoms with Gasteiger partial charge >= 0.3 is 0 Å². The van der Waals surface area contributed by atoms with Crippen LogP contribution in [0.2, 0.25) is 0 Å². The molecule has 0 fully saturated rings. The highest BCUT2D eigenvalue weighted by Crippen LogP contribution is 2.41. The molecule has 15 heavy (non-hydrogen) atoms. The standard InChI is InChI=1S/C12H20N2S/c1-4-12(2,3)8-5-6-9-10(7-8)15-11(13)14-9/h8H,4-7H2,1-3H3,(H2,13,14). The number of fused-ring (bicyclic) bond motifs is 1. The molecule has 84 valence electrons. The predicted octanol–water partition coefficient (Wildman–Crippen LogP) is 3.27. The lowest BCUT2D eigenvalue weighted by atomic mass is 9.70. The van der Waals surface area contributed by atoms with Crippen LogP contribution in [-0.2, 0) is 12.8 Å². The van der Waals surface area contributed by atoms with Crippen LogP contribution in [0.4, 0.5) is 5.13 Å². The van der Waals surface area contributed by atoms with E-state index >= 15 is 0 Å². The smallest absolute Gasteiger partial charge is 0.180 e. The topological polar surface area (TPSA) is 38.9 Å². The van der Waals surface area contributed by atoms with E-state index in [-0.39, 0.29) is 0 Å². The van der Waals surface area contributed by atoms with Crippen molar-refractivity contribution in [2.24, 2.45) is 11.3 Å². The first-order valence-corrected chi connectivity index (χ1v) is 6.58. The highest BCUT2D eigenvalue weighted by Gasteiger charge is 2.32. The van der Waals surface area contributed by atoms with E-state index in [9.17, 15) is 0 Å². The fourth-order valence-corrected chi connectivity index (χ4v) is 3.31. The molecule has 0 aliphatic heterocycles. The van der Waals surface area contributed by atoms with Gasteiger partial charge in [0.25, 0.3) is 0 Å². The minimum atomic E-state index is 0.455. The molecule has 1 unspecified atom stereocenters. The van der Waals surface area contributed by atoms with Crippen molar-refractivity contribution in [3.8, 4) is 0 Å². The Bertz CT molecular complexity index is 355. The van der Waals surface area contributed by atoms with E-state index in [1.165, 1.54) is 29.8 Å². The number of aromatic nitrogens is 1. The molecular formula is C12H20N2S. The Morgan fingerprint density at radius 1 is 1.53 bits per heavy atom. The van der Waals surface area contributed by atoms with Crippen LogP contribution in [0.3, 0.4) is 0 Å². The van der Waals surface area contributed by atoms with Crippen LogP contribution in [-0.4, -0.2) is 4.98 Å². The molecule has 0 aromatic carbocycles. The minimum Gasteiger partial charge on any atom is -0.375 e. The van der Waals surface area contributed by atoms with E-state index < -0.39 is 0 Å². The molecule has 1 aromatic rings. The van der Waals surface area contributed by atoms with Gasteiger partial charge in [0.2, 0.25) is 0 Å². The molecule has 1 atom stereocenters. The van der Waals surface area contributed by atoms with Gasteiger partial charge in [0.15, 0.2) is 5.13 Å². The van der Waals surface area contributed by atoms with Gasteiger partial charge in [0.05, 0.1) is 5.69 Å². The van der Waals surface area contributed by atoms with Gasteiger partial charge in [0, 0.05) is 4.88 Å². The number of anilines is 1. The van der Waals surface area contributed by atoms with Crippen molar-refractivity contribution >= 4 is 16.5 Å². The van der Waals surface area contributed by atoms with Crippen LogP contribution in [0.25, 0.3) is 0 Å². The van der Waals surface area contributed by atoms with Crippen LogP contribution in [0.5, 0.6) is 0 Å². The van der Waals surface area contributed by atoms with E-state index in [0.717, 1.165) is 17.5 Å². The molecule has 0 saturated heterocycles. The molecule has 1 aromatic heterocycles. The van der Waals surface area contributed by atoms with E-state index in [1.54, 1.807) is 11.3 Å². The molecule has 0 radical (unpaired) electrons. The summed E-state index contributed by atoms with van der Waals surface area (Å²) in [6, 6.07) is 0. The second-order valence-corrected chi connectivity index (χ2v) is 6.32. The number of rotatable bonds is 2. The largest absolute Gasteiger partial charge is 0.375 e. The van der Waals surface area contributed by atoms with Gasteiger partial charge in [-0.15, -0.1) is 11.3 Å². The SMILES string of the molecule is CCC(C)(C)C1CCc2nc(N)sc2C1. The van der Waals surface area contributed by atoms with E-state index in [1.807, 2.05) is 0 Å². The summed E-state index contributed by atoms with van der Waals surface area (Å²) in [5, 5.41) is 0.745.